The van der Waals surface area contributed by atoms with Gasteiger partial charge in [0.1, 0.15) is 12.1 Å². The number of amidine groups is 1. The minimum Gasteiger partial charge on any atom is -0.390 e. The lowest BCUT2D eigenvalue weighted by Crippen LogP contribution is -2.47. The van der Waals surface area contributed by atoms with Gasteiger partial charge in [0.25, 0.3) is 0 Å². The van der Waals surface area contributed by atoms with Crippen molar-refractivity contribution in [2.75, 3.05) is 26.2 Å². The van der Waals surface area contributed by atoms with Gasteiger partial charge in [-0.2, -0.15) is 0 Å². The van der Waals surface area contributed by atoms with Gasteiger partial charge in [-0.3, -0.25) is 4.98 Å². The van der Waals surface area contributed by atoms with E-state index in [9.17, 15) is 4.79 Å². The van der Waals surface area contributed by atoms with Crippen molar-refractivity contribution in [2.24, 2.45) is 16.8 Å². The fourth-order valence-corrected chi connectivity index (χ4v) is 3.79. The van der Waals surface area contributed by atoms with Crippen LogP contribution in [0.2, 0.25) is 0 Å². The van der Waals surface area contributed by atoms with E-state index in [1.54, 1.807) is 12.3 Å². The summed E-state index contributed by atoms with van der Waals surface area (Å²) < 4.78 is 0. The first kappa shape index (κ1) is 27.9. The third-order valence-electron chi connectivity index (χ3n) is 5.92. The summed E-state index contributed by atoms with van der Waals surface area (Å²) in [5.41, 5.74) is 5.31. The topological polar surface area (TPSA) is 93.5 Å². The number of rotatable bonds is 13. The van der Waals surface area contributed by atoms with Crippen LogP contribution < -0.4 is 10.6 Å². The van der Waals surface area contributed by atoms with Crippen molar-refractivity contribution in [2.45, 2.75) is 41.0 Å². The van der Waals surface area contributed by atoms with Crippen LogP contribution in [0.15, 0.2) is 59.5 Å². The SMILES string of the molecule is C=C/C(=N\c1cc(/C(C=N)=C/NCCCN2CC(C=O)C2)cnc1C)N/C(C)=C/C(=C\C)C(C)C. The van der Waals surface area contributed by atoms with Gasteiger partial charge in [-0.15, -0.1) is 0 Å². The van der Waals surface area contributed by atoms with Gasteiger partial charge in [-0.05, 0) is 63.4 Å². The average Bonchev–Trinajstić information content (AvgIpc) is 2.81. The first-order valence-corrected chi connectivity index (χ1v) is 12.2. The number of hydrogen-bond acceptors (Lipinski definition) is 6. The molecule has 2 heterocycles. The number of nitrogens with zero attached hydrogens (tertiary/aromatic N) is 3. The number of aliphatic imine (C=N–C) groups is 1. The van der Waals surface area contributed by atoms with Crippen molar-refractivity contribution >= 4 is 29.6 Å². The standard InChI is InChI=1S/C28H40N6O/c1-7-24(20(3)4)12-21(5)32-28(8-2)33-27-13-25(16-31-22(27)6)26(14-29)15-30-10-9-11-34-17-23(18-34)19-35/h7-8,12-16,19-20,23,29-30H,2,9-11,17-18H2,1,3-6H3,(H,32,33)/b21-12+,24-7+,26-15+,29-14?. The molecule has 188 valence electrons. The van der Waals surface area contributed by atoms with E-state index in [1.807, 2.05) is 33.0 Å². The minimum absolute atomic E-state index is 0.209. The molecule has 0 aromatic carbocycles. The Labute approximate surface area is 210 Å². The number of carbonyl (C=O) groups is 1. The number of aromatic nitrogens is 1. The Morgan fingerprint density at radius 2 is 2.14 bits per heavy atom. The van der Waals surface area contributed by atoms with Crippen LogP contribution in [-0.2, 0) is 4.79 Å². The van der Waals surface area contributed by atoms with Crippen molar-refractivity contribution in [3.05, 3.63) is 65.8 Å². The highest BCUT2D eigenvalue weighted by Crippen LogP contribution is 2.22. The fraction of sp³-hybridized carbons (Fsp3) is 0.429. The molecule has 35 heavy (non-hydrogen) atoms. The lowest BCUT2D eigenvalue weighted by molar-refractivity contribution is -0.115. The summed E-state index contributed by atoms with van der Waals surface area (Å²) in [5.74, 6) is 1.29. The molecule has 7 nitrogen and oxygen atoms in total. The molecular formula is C28H40N6O. The van der Waals surface area contributed by atoms with E-state index in [-0.39, 0.29) is 5.92 Å². The Morgan fingerprint density at radius 1 is 1.40 bits per heavy atom. The molecule has 2 rings (SSSR count). The lowest BCUT2D eigenvalue weighted by Gasteiger charge is -2.36. The fourth-order valence-electron chi connectivity index (χ4n) is 3.79. The molecule has 0 saturated carbocycles. The molecule has 1 fully saturated rings. The van der Waals surface area contributed by atoms with Crippen molar-refractivity contribution in [1.82, 2.24) is 20.5 Å². The maximum atomic E-state index is 10.7. The summed E-state index contributed by atoms with van der Waals surface area (Å²) in [6.45, 7) is 17.7. The summed E-state index contributed by atoms with van der Waals surface area (Å²) in [4.78, 5) is 22.2. The van der Waals surface area contributed by atoms with Crippen LogP contribution in [0.5, 0.6) is 0 Å². The van der Waals surface area contributed by atoms with Crippen molar-refractivity contribution in [1.29, 1.82) is 5.41 Å². The Kier molecular flexibility index (Phi) is 11.3. The molecule has 0 radical (unpaired) electrons. The number of carbonyl (C=O) groups excluding carboxylic acids is 1. The van der Waals surface area contributed by atoms with Gasteiger partial charge in [0.05, 0.1) is 11.4 Å². The molecule has 0 unspecified atom stereocenters. The highest BCUT2D eigenvalue weighted by molar-refractivity contribution is 6.08. The van der Waals surface area contributed by atoms with Gasteiger partial charge >= 0.3 is 0 Å². The predicted octanol–water partition coefficient (Wildman–Crippen LogP) is 4.80. The van der Waals surface area contributed by atoms with Crippen molar-refractivity contribution < 1.29 is 4.79 Å². The maximum Gasteiger partial charge on any atom is 0.130 e. The van der Waals surface area contributed by atoms with Gasteiger partial charge < -0.3 is 25.7 Å². The van der Waals surface area contributed by atoms with Gasteiger partial charge in [-0.1, -0.05) is 26.5 Å². The molecule has 0 amide bonds. The van der Waals surface area contributed by atoms with E-state index in [0.717, 1.165) is 67.1 Å². The number of nitrogens with one attached hydrogen (secondary N) is 3. The van der Waals surface area contributed by atoms with Gasteiger partial charge in [0.15, 0.2) is 0 Å². The zero-order valence-electron chi connectivity index (χ0n) is 21.8. The molecule has 0 aliphatic carbocycles. The molecule has 0 bridgehead atoms. The Balaban J connectivity index is 2.07. The normalized spacial score (nSPS) is 16.2. The summed E-state index contributed by atoms with van der Waals surface area (Å²) in [6, 6.07) is 1.94. The average molecular weight is 477 g/mol. The molecule has 1 aliphatic heterocycles. The smallest absolute Gasteiger partial charge is 0.130 e. The summed E-state index contributed by atoms with van der Waals surface area (Å²) >= 11 is 0. The number of likely N-dealkylation sites (tertiary alicyclic amines) is 1. The maximum absolute atomic E-state index is 10.7. The van der Waals surface area contributed by atoms with Gasteiger partial charge in [-0.25, -0.2) is 4.99 Å². The van der Waals surface area contributed by atoms with Crippen LogP contribution in [-0.4, -0.2) is 54.4 Å². The zero-order chi connectivity index (χ0) is 25.8. The van der Waals surface area contributed by atoms with E-state index in [1.165, 1.54) is 11.8 Å². The number of hydrogen-bond donors (Lipinski definition) is 3. The number of pyridine rings is 1. The van der Waals surface area contributed by atoms with Crippen LogP contribution in [0.1, 0.15) is 45.4 Å². The van der Waals surface area contributed by atoms with Crippen LogP contribution in [0, 0.1) is 24.2 Å². The monoisotopic (exact) mass is 476 g/mol. The number of aryl methyl sites for hydroxylation is 1. The van der Waals surface area contributed by atoms with Crippen LogP contribution in [0.4, 0.5) is 5.69 Å². The zero-order valence-corrected chi connectivity index (χ0v) is 21.8. The second-order valence-electron chi connectivity index (χ2n) is 9.13. The van der Waals surface area contributed by atoms with E-state index in [0.29, 0.717) is 11.8 Å². The summed E-state index contributed by atoms with van der Waals surface area (Å²) in [5, 5.41) is 14.5. The van der Waals surface area contributed by atoms with Crippen LogP contribution >= 0.6 is 0 Å². The highest BCUT2D eigenvalue weighted by atomic mass is 16.1. The molecule has 7 heteroatoms. The number of allylic oxidation sites excluding steroid dienone is 5. The molecule has 3 N–H and O–H groups in total. The summed E-state index contributed by atoms with van der Waals surface area (Å²) in [6.07, 6.45) is 12.9. The van der Waals surface area contributed by atoms with Crippen molar-refractivity contribution in [3.8, 4) is 0 Å². The molecular weight excluding hydrogens is 436 g/mol. The molecule has 1 aromatic heterocycles. The molecule has 1 aromatic rings. The highest BCUT2D eigenvalue weighted by Gasteiger charge is 2.24. The Morgan fingerprint density at radius 3 is 2.74 bits per heavy atom. The Hall–Kier alpha value is -3.32. The third-order valence-corrected chi connectivity index (χ3v) is 5.92. The minimum atomic E-state index is 0.209. The van der Waals surface area contributed by atoms with E-state index in [2.05, 4.69) is 53.1 Å². The predicted molar refractivity (Wildman–Crippen MR) is 147 cm³/mol. The molecule has 1 aliphatic rings. The van der Waals surface area contributed by atoms with Gasteiger partial charge in [0, 0.05) is 61.0 Å². The quantitative estimate of drug-likeness (QED) is 0.125. The largest absolute Gasteiger partial charge is 0.390 e. The van der Waals surface area contributed by atoms with Gasteiger partial charge in [0.2, 0.25) is 0 Å². The lowest BCUT2D eigenvalue weighted by atomic mass is 10.0. The molecule has 0 spiro atoms. The van der Waals surface area contributed by atoms with Crippen molar-refractivity contribution in [3.63, 3.8) is 0 Å². The van der Waals surface area contributed by atoms with Crippen LogP contribution in [0.3, 0.4) is 0 Å². The molecule has 1 saturated heterocycles. The second-order valence-corrected chi connectivity index (χ2v) is 9.13. The first-order valence-electron chi connectivity index (χ1n) is 12.2. The van der Waals surface area contributed by atoms with E-state index < -0.39 is 0 Å². The van der Waals surface area contributed by atoms with E-state index in [4.69, 9.17) is 10.4 Å². The Bertz CT molecular complexity index is 1010. The van der Waals surface area contributed by atoms with Crippen LogP contribution in [0.25, 0.3) is 5.57 Å². The first-order chi connectivity index (χ1) is 16.8. The number of aldehydes is 1. The third kappa shape index (κ3) is 8.76. The second kappa shape index (κ2) is 14.2. The summed E-state index contributed by atoms with van der Waals surface area (Å²) in [7, 11) is 0. The van der Waals surface area contributed by atoms with E-state index >= 15 is 0 Å². The molecule has 0 atom stereocenters.